The molecule has 1 amide bonds. The Bertz CT molecular complexity index is 1020. The third kappa shape index (κ3) is 5.28. The lowest BCUT2D eigenvalue weighted by Crippen LogP contribution is -2.23. The highest BCUT2D eigenvalue weighted by Crippen LogP contribution is 2.26. The predicted molar refractivity (Wildman–Crippen MR) is 121 cm³/mol. The number of hydrogen-bond donors (Lipinski definition) is 1. The van der Waals surface area contributed by atoms with Gasteiger partial charge in [0, 0.05) is 11.9 Å². The Labute approximate surface area is 184 Å². The quantitative estimate of drug-likeness (QED) is 0.386. The van der Waals surface area contributed by atoms with Crippen LogP contribution < -0.4 is 10.1 Å². The van der Waals surface area contributed by atoms with Gasteiger partial charge in [-0.05, 0) is 38.8 Å². The van der Waals surface area contributed by atoms with Crippen molar-refractivity contribution in [2.24, 2.45) is 0 Å². The molecule has 0 aliphatic rings. The van der Waals surface area contributed by atoms with Crippen LogP contribution in [0.15, 0.2) is 41.4 Å². The van der Waals surface area contributed by atoms with Crippen molar-refractivity contribution in [3.05, 3.63) is 58.9 Å². The first-order chi connectivity index (χ1) is 14.4. The molecule has 30 heavy (non-hydrogen) atoms. The first-order valence-electron chi connectivity index (χ1n) is 9.50. The second-order valence-corrected chi connectivity index (χ2v) is 9.02. The van der Waals surface area contributed by atoms with Crippen LogP contribution in [0.1, 0.15) is 29.6 Å². The summed E-state index contributed by atoms with van der Waals surface area (Å²) in [6, 6.07) is 6.04. The minimum Gasteiger partial charge on any atom is -0.485 e. The SMILES string of the molecule is C=CCn1c(COc2c(C)cccc2C)nnc1SC(C)C(=O)Nc1nc(C)cs1. The predicted octanol–water partition coefficient (Wildman–Crippen LogP) is 4.54. The number of carbonyl (C=O) groups is 1. The average Bonchev–Trinajstić information content (AvgIpc) is 3.28. The van der Waals surface area contributed by atoms with Gasteiger partial charge in [-0.3, -0.25) is 9.36 Å². The third-order valence-corrected chi connectivity index (χ3v) is 6.32. The number of thiazole rings is 1. The smallest absolute Gasteiger partial charge is 0.239 e. The molecule has 2 aromatic heterocycles. The summed E-state index contributed by atoms with van der Waals surface area (Å²) in [6.07, 6.45) is 1.78. The van der Waals surface area contributed by atoms with E-state index in [2.05, 4.69) is 27.1 Å². The van der Waals surface area contributed by atoms with Gasteiger partial charge in [0.15, 0.2) is 16.1 Å². The maximum absolute atomic E-state index is 12.5. The number of hydrogen-bond acceptors (Lipinski definition) is 7. The number of aryl methyl sites for hydroxylation is 3. The lowest BCUT2D eigenvalue weighted by atomic mass is 10.1. The number of allylic oxidation sites excluding steroid dienone is 1. The summed E-state index contributed by atoms with van der Waals surface area (Å²) < 4.78 is 7.95. The fraction of sp³-hybridized carbons (Fsp3) is 0.333. The van der Waals surface area contributed by atoms with Crippen molar-refractivity contribution in [3.8, 4) is 5.75 Å². The van der Waals surface area contributed by atoms with Crippen molar-refractivity contribution in [2.75, 3.05) is 5.32 Å². The molecular weight excluding hydrogens is 418 g/mol. The van der Waals surface area contributed by atoms with Gasteiger partial charge in [-0.15, -0.1) is 28.1 Å². The normalized spacial score (nSPS) is 11.9. The molecule has 0 radical (unpaired) electrons. The lowest BCUT2D eigenvalue weighted by molar-refractivity contribution is -0.115. The number of amides is 1. The number of ether oxygens (including phenoxy) is 1. The molecular formula is C21H25N5O2S2. The minimum absolute atomic E-state index is 0.129. The molecule has 0 spiro atoms. The number of carbonyl (C=O) groups excluding carboxylic acids is 1. The van der Waals surface area contributed by atoms with Gasteiger partial charge in [-0.1, -0.05) is 36.0 Å². The Morgan fingerprint density at radius 3 is 2.70 bits per heavy atom. The van der Waals surface area contributed by atoms with Crippen LogP contribution in [0.3, 0.4) is 0 Å². The number of para-hydroxylation sites is 1. The third-order valence-electron chi connectivity index (χ3n) is 4.36. The monoisotopic (exact) mass is 443 g/mol. The molecule has 0 bridgehead atoms. The van der Waals surface area contributed by atoms with Gasteiger partial charge in [0.05, 0.1) is 10.9 Å². The summed E-state index contributed by atoms with van der Waals surface area (Å²) in [6.45, 7) is 12.4. The van der Waals surface area contributed by atoms with Crippen LogP contribution >= 0.6 is 23.1 Å². The van der Waals surface area contributed by atoms with Crippen LogP contribution in [0.5, 0.6) is 5.75 Å². The Balaban J connectivity index is 1.70. The van der Waals surface area contributed by atoms with Crippen LogP contribution in [0.25, 0.3) is 0 Å². The highest BCUT2D eigenvalue weighted by atomic mass is 32.2. The number of aromatic nitrogens is 4. The summed E-state index contributed by atoms with van der Waals surface area (Å²) in [5.41, 5.74) is 3.03. The molecule has 0 saturated heterocycles. The lowest BCUT2D eigenvalue weighted by Gasteiger charge is -2.14. The Kier molecular flexibility index (Phi) is 7.28. The Hall–Kier alpha value is -2.65. The standard InChI is InChI=1S/C21H25N5O2S2/c1-6-10-26-17(11-28-18-13(2)8-7-9-14(18)3)24-25-21(26)30-16(5)19(27)23-20-22-15(4)12-29-20/h6-9,12,16H,1,10-11H2,2-5H3,(H,22,23,27). The van der Waals surface area contributed by atoms with E-state index in [0.717, 1.165) is 22.6 Å². The van der Waals surface area contributed by atoms with E-state index in [9.17, 15) is 4.79 Å². The summed E-state index contributed by atoms with van der Waals surface area (Å²) in [7, 11) is 0. The zero-order chi connectivity index (χ0) is 21.7. The van der Waals surface area contributed by atoms with Gasteiger partial charge in [-0.2, -0.15) is 0 Å². The van der Waals surface area contributed by atoms with Gasteiger partial charge >= 0.3 is 0 Å². The van der Waals surface area contributed by atoms with Crippen LogP contribution in [0, 0.1) is 20.8 Å². The van der Waals surface area contributed by atoms with Crippen molar-refractivity contribution in [2.45, 2.75) is 51.3 Å². The molecule has 0 aliphatic carbocycles. The van der Waals surface area contributed by atoms with E-state index in [1.165, 1.54) is 23.1 Å². The first kappa shape index (κ1) is 22.0. The number of thioether (sulfide) groups is 1. The van der Waals surface area contributed by atoms with Crippen molar-refractivity contribution < 1.29 is 9.53 Å². The largest absolute Gasteiger partial charge is 0.485 e. The van der Waals surface area contributed by atoms with E-state index in [0.29, 0.717) is 22.7 Å². The fourth-order valence-electron chi connectivity index (χ4n) is 2.82. The van der Waals surface area contributed by atoms with Crippen LogP contribution in [0.4, 0.5) is 5.13 Å². The van der Waals surface area contributed by atoms with E-state index in [1.807, 2.05) is 55.8 Å². The van der Waals surface area contributed by atoms with Crippen LogP contribution in [0.2, 0.25) is 0 Å². The second kappa shape index (κ2) is 9.90. The topological polar surface area (TPSA) is 81.9 Å². The van der Waals surface area contributed by atoms with Gasteiger partial charge in [-0.25, -0.2) is 4.98 Å². The fourth-order valence-corrected chi connectivity index (χ4v) is 4.39. The van der Waals surface area contributed by atoms with Crippen molar-refractivity contribution in [3.63, 3.8) is 0 Å². The van der Waals surface area contributed by atoms with Crippen molar-refractivity contribution in [1.82, 2.24) is 19.7 Å². The number of benzene rings is 1. The zero-order valence-electron chi connectivity index (χ0n) is 17.5. The highest BCUT2D eigenvalue weighted by molar-refractivity contribution is 8.00. The molecule has 3 rings (SSSR count). The molecule has 7 nitrogen and oxygen atoms in total. The first-order valence-corrected chi connectivity index (χ1v) is 11.3. The molecule has 0 saturated carbocycles. The maximum atomic E-state index is 12.5. The molecule has 158 valence electrons. The Morgan fingerprint density at radius 1 is 1.33 bits per heavy atom. The molecule has 2 heterocycles. The maximum Gasteiger partial charge on any atom is 0.239 e. The molecule has 3 aromatic rings. The summed E-state index contributed by atoms with van der Waals surface area (Å²) >= 11 is 2.75. The average molecular weight is 444 g/mol. The highest BCUT2D eigenvalue weighted by Gasteiger charge is 2.21. The Morgan fingerprint density at radius 2 is 2.07 bits per heavy atom. The van der Waals surface area contributed by atoms with Crippen molar-refractivity contribution in [1.29, 1.82) is 0 Å². The summed E-state index contributed by atoms with van der Waals surface area (Å²) in [5, 5.41) is 14.2. The van der Waals surface area contributed by atoms with Crippen LogP contribution in [-0.4, -0.2) is 30.9 Å². The van der Waals surface area contributed by atoms with Gasteiger partial charge < -0.3 is 10.1 Å². The molecule has 9 heteroatoms. The second-order valence-electron chi connectivity index (χ2n) is 6.85. The minimum atomic E-state index is -0.366. The van der Waals surface area contributed by atoms with E-state index in [1.54, 1.807) is 6.08 Å². The van der Waals surface area contributed by atoms with E-state index in [4.69, 9.17) is 4.74 Å². The molecule has 1 unspecified atom stereocenters. The van der Waals surface area contributed by atoms with E-state index < -0.39 is 0 Å². The molecule has 1 aromatic carbocycles. The number of anilines is 1. The number of nitrogens with zero attached hydrogens (tertiary/aromatic N) is 4. The van der Waals surface area contributed by atoms with Gasteiger partial charge in [0.1, 0.15) is 12.4 Å². The molecule has 0 fully saturated rings. The molecule has 0 aliphatic heterocycles. The summed E-state index contributed by atoms with van der Waals surface area (Å²) in [5.74, 6) is 1.41. The van der Waals surface area contributed by atoms with E-state index >= 15 is 0 Å². The van der Waals surface area contributed by atoms with Crippen LogP contribution in [-0.2, 0) is 17.9 Å². The molecule has 1 atom stereocenters. The number of nitrogens with one attached hydrogen (secondary N) is 1. The summed E-state index contributed by atoms with van der Waals surface area (Å²) in [4.78, 5) is 16.8. The van der Waals surface area contributed by atoms with Gasteiger partial charge in [0.25, 0.3) is 0 Å². The number of rotatable bonds is 9. The zero-order valence-corrected chi connectivity index (χ0v) is 19.1. The van der Waals surface area contributed by atoms with Crippen molar-refractivity contribution >= 4 is 34.1 Å². The van der Waals surface area contributed by atoms with E-state index in [-0.39, 0.29) is 17.8 Å². The van der Waals surface area contributed by atoms with Gasteiger partial charge in [0.2, 0.25) is 5.91 Å². The molecule has 1 N–H and O–H groups in total.